The molecule has 1 fully saturated rings. The number of aromatic amines is 1. The first-order valence-corrected chi connectivity index (χ1v) is 7.14. The maximum atomic E-state index is 12.2. The number of nitrogens with one attached hydrogen (secondary N) is 2. The molecular weight excluding hydrogens is 334 g/mol. The Bertz CT molecular complexity index is 885. The molecule has 0 atom stereocenters. The highest BCUT2D eigenvalue weighted by atomic mass is 32.1. The van der Waals surface area contributed by atoms with Gasteiger partial charge in [0.1, 0.15) is 11.4 Å². The SMILES string of the molecule is C=CCn1c(O)c(C=C2C(=N)N(C)C(=O)N(C)C2=O)c(=O)[nH]c1=S. The molecule has 2 heterocycles. The van der Waals surface area contributed by atoms with Gasteiger partial charge >= 0.3 is 6.03 Å². The molecule has 0 aromatic carbocycles. The summed E-state index contributed by atoms with van der Waals surface area (Å²) in [5, 5.41) is 18.2. The molecule has 3 N–H and O–H groups in total. The number of aromatic hydroxyl groups is 1. The normalized spacial score (nSPS) is 16.9. The van der Waals surface area contributed by atoms with Gasteiger partial charge in [-0.1, -0.05) is 6.08 Å². The zero-order chi connectivity index (χ0) is 18.2. The number of imide groups is 1. The van der Waals surface area contributed by atoms with Crippen LogP contribution in [0.3, 0.4) is 0 Å². The van der Waals surface area contributed by atoms with E-state index < -0.39 is 23.4 Å². The maximum Gasteiger partial charge on any atom is 0.332 e. The molecule has 0 saturated carbocycles. The highest BCUT2D eigenvalue weighted by molar-refractivity contribution is 7.71. The van der Waals surface area contributed by atoms with Gasteiger partial charge in [-0.15, -0.1) is 6.58 Å². The third-order valence-electron chi connectivity index (χ3n) is 3.51. The van der Waals surface area contributed by atoms with Crippen molar-refractivity contribution in [2.75, 3.05) is 14.1 Å². The fourth-order valence-electron chi connectivity index (χ4n) is 2.15. The Kier molecular flexibility index (Phi) is 4.51. The number of H-pyrrole nitrogens is 1. The van der Waals surface area contributed by atoms with Gasteiger partial charge in [-0.05, 0) is 18.3 Å². The van der Waals surface area contributed by atoms with Crippen molar-refractivity contribution in [2.24, 2.45) is 0 Å². The predicted molar refractivity (Wildman–Crippen MR) is 89.4 cm³/mol. The molecule has 0 radical (unpaired) electrons. The van der Waals surface area contributed by atoms with Crippen LogP contribution in [-0.4, -0.2) is 56.3 Å². The number of allylic oxidation sites excluding steroid dienone is 1. The average Bonchev–Trinajstić information content (AvgIpc) is 2.54. The van der Waals surface area contributed by atoms with E-state index in [-0.39, 0.29) is 28.3 Å². The van der Waals surface area contributed by atoms with Crippen molar-refractivity contribution in [3.05, 3.63) is 38.9 Å². The van der Waals surface area contributed by atoms with Crippen LogP contribution in [0, 0.1) is 10.2 Å². The van der Waals surface area contributed by atoms with Gasteiger partial charge in [0.05, 0.1) is 5.57 Å². The molecule has 126 valence electrons. The van der Waals surface area contributed by atoms with E-state index in [4.69, 9.17) is 17.6 Å². The highest BCUT2D eigenvalue weighted by Gasteiger charge is 2.35. The first-order valence-electron chi connectivity index (χ1n) is 6.74. The monoisotopic (exact) mass is 349 g/mol. The van der Waals surface area contributed by atoms with Gasteiger partial charge in [0.15, 0.2) is 4.77 Å². The van der Waals surface area contributed by atoms with Crippen LogP contribution >= 0.6 is 12.2 Å². The Labute approximate surface area is 141 Å². The van der Waals surface area contributed by atoms with Gasteiger partial charge in [0.25, 0.3) is 11.5 Å². The number of nitrogens with zero attached hydrogens (tertiary/aromatic N) is 3. The Balaban J connectivity index is 2.69. The number of amidine groups is 1. The van der Waals surface area contributed by atoms with E-state index in [1.54, 1.807) is 0 Å². The molecule has 3 amide bonds. The summed E-state index contributed by atoms with van der Waals surface area (Å²) < 4.78 is 1.21. The van der Waals surface area contributed by atoms with Crippen molar-refractivity contribution in [1.29, 1.82) is 5.41 Å². The maximum absolute atomic E-state index is 12.2. The van der Waals surface area contributed by atoms with Gasteiger partial charge < -0.3 is 5.11 Å². The summed E-state index contributed by atoms with van der Waals surface area (Å²) in [6.07, 6.45) is 2.53. The van der Waals surface area contributed by atoms with Gasteiger partial charge in [0.2, 0.25) is 5.88 Å². The largest absolute Gasteiger partial charge is 0.494 e. The molecule has 1 aromatic rings. The number of aromatic nitrogens is 2. The summed E-state index contributed by atoms with van der Waals surface area (Å²) >= 11 is 4.96. The standard InChI is InChI=1S/C14H15N5O4S/c1-4-5-19-12(22)8(10(20)16-13(19)24)6-7-9(15)17(2)14(23)18(3)11(7)21/h4,6,15,22H,1,5H2,2-3H3,(H,16,20,24). The van der Waals surface area contributed by atoms with Crippen molar-refractivity contribution in [1.82, 2.24) is 19.4 Å². The molecular formula is C14H15N5O4S. The van der Waals surface area contributed by atoms with Crippen LogP contribution in [-0.2, 0) is 11.3 Å². The topological polar surface area (TPSA) is 122 Å². The van der Waals surface area contributed by atoms with Crippen molar-refractivity contribution < 1.29 is 14.7 Å². The lowest BCUT2D eigenvalue weighted by Crippen LogP contribution is -2.52. The third kappa shape index (κ3) is 2.67. The molecule has 24 heavy (non-hydrogen) atoms. The number of rotatable bonds is 3. The fourth-order valence-corrected chi connectivity index (χ4v) is 2.40. The van der Waals surface area contributed by atoms with E-state index in [9.17, 15) is 19.5 Å². The van der Waals surface area contributed by atoms with Crippen LogP contribution in [0.25, 0.3) is 6.08 Å². The number of carbonyl (C=O) groups excluding carboxylic acids is 2. The van der Waals surface area contributed by atoms with Gasteiger partial charge in [-0.25, -0.2) is 4.79 Å². The second kappa shape index (κ2) is 6.24. The quantitative estimate of drug-likeness (QED) is 0.421. The molecule has 9 nitrogen and oxygen atoms in total. The lowest BCUT2D eigenvalue weighted by atomic mass is 10.1. The van der Waals surface area contributed by atoms with Gasteiger partial charge in [0, 0.05) is 20.6 Å². The van der Waals surface area contributed by atoms with E-state index in [1.807, 2.05) is 0 Å². The van der Waals surface area contributed by atoms with Crippen LogP contribution < -0.4 is 5.56 Å². The molecule has 0 bridgehead atoms. The minimum atomic E-state index is -0.750. The lowest BCUT2D eigenvalue weighted by Gasteiger charge is -2.31. The van der Waals surface area contributed by atoms with Crippen LogP contribution in [0.15, 0.2) is 23.0 Å². The Morgan fingerprint density at radius 3 is 2.50 bits per heavy atom. The molecule has 0 aliphatic carbocycles. The number of urea groups is 1. The molecule has 1 aliphatic heterocycles. The molecule has 1 saturated heterocycles. The lowest BCUT2D eigenvalue weighted by molar-refractivity contribution is -0.123. The van der Waals surface area contributed by atoms with Crippen molar-refractivity contribution in [3.63, 3.8) is 0 Å². The fraction of sp³-hybridized carbons (Fsp3) is 0.214. The zero-order valence-corrected chi connectivity index (χ0v) is 13.8. The van der Waals surface area contributed by atoms with Crippen LogP contribution in [0.5, 0.6) is 5.88 Å². The number of amides is 3. The van der Waals surface area contributed by atoms with E-state index in [0.29, 0.717) is 0 Å². The molecule has 10 heteroatoms. The highest BCUT2D eigenvalue weighted by Crippen LogP contribution is 2.21. The summed E-state index contributed by atoms with van der Waals surface area (Å²) in [5.74, 6) is -1.59. The van der Waals surface area contributed by atoms with E-state index >= 15 is 0 Å². The minimum absolute atomic E-state index is 0.00555. The summed E-state index contributed by atoms with van der Waals surface area (Å²) in [4.78, 5) is 40.2. The third-order valence-corrected chi connectivity index (χ3v) is 3.83. The summed E-state index contributed by atoms with van der Waals surface area (Å²) in [6, 6.07) is -0.664. The zero-order valence-electron chi connectivity index (χ0n) is 13.0. The number of likely N-dealkylation sites (N-methyl/N-ethyl adjacent to an activating group) is 2. The molecule has 0 unspecified atom stereocenters. The van der Waals surface area contributed by atoms with E-state index in [1.165, 1.54) is 24.7 Å². The van der Waals surface area contributed by atoms with Crippen LogP contribution in [0.2, 0.25) is 0 Å². The summed E-state index contributed by atoms with van der Waals surface area (Å²) in [7, 11) is 2.59. The second-order valence-corrected chi connectivity index (χ2v) is 5.39. The van der Waals surface area contributed by atoms with Crippen molar-refractivity contribution >= 4 is 36.1 Å². The Morgan fingerprint density at radius 1 is 1.29 bits per heavy atom. The molecule has 1 aliphatic rings. The van der Waals surface area contributed by atoms with Gasteiger partial charge in [-0.2, -0.15) is 0 Å². The smallest absolute Gasteiger partial charge is 0.332 e. The minimum Gasteiger partial charge on any atom is -0.494 e. The van der Waals surface area contributed by atoms with E-state index in [2.05, 4.69) is 11.6 Å². The summed E-state index contributed by atoms with van der Waals surface area (Å²) in [6.45, 7) is 3.67. The number of hydrogen-bond donors (Lipinski definition) is 3. The Hall–Kier alpha value is -3.01. The molecule has 2 rings (SSSR count). The molecule has 1 aromatic heterocycles. The van der Waals surface area contributed by atoms with Crippen LogP contribution in [0.4, 0.5) is 4.79 Å². The summed E-state index contributed by atoms with van der Waals surface area (Å²) in [5.41, 5.74) is -1.16. The average molecular weight is 349 g/mol. The number of hydrogen-bond acceptors (Lipinski definition) is 6. The van der Waals surface area contributed by atoms with Gasteiger partial charge in [-0.3, -0.25) is 34.3 Å². The Morgan fingerprint density at radius 2 is 1.92 bits per heavy atom. The number of carbonyl (C=O) groups is 2. The molecule has 0 spiro atoms. The first kappa shape index (κ1) is 17.3. The van der Waals surface area contributed by atoms with E-state index in [0.717, 1.165) is 15.9 Å². The van der Waals surface area contributed by atoms with Crippen LogP contribution in [0.1, 0.15) is 5.56 Å². The predicted octanol–water partition coefficient (Wildman–Crippen LogP) is 0.682. The first-order chi connectivity index (χ1) is 11.2. The van der Waals surface area contributed by atoms with Crippen molar-refractivity contribution in [3.8, 4) is 5.88 Å². The second-order valence-electron chi connectivity index (χ2n) is 5.01. The van der Waals surface area contributed by atoms with Crippen molar-refractivity contribution in [2.45, 2.75) is 6.54 Å².